The number of halogens is 1. The van der Waals surface area contributed by atoms with E-state index >= 15 is 0 Å². The molecule has 0 radical (unpaired) electrons. The number of rotatable bonds is 4. The zero-order chi connectivity index (χ0) is 12.3. The highest BCUT2D eigenvalue weighted by molar-refractivity contribution is 6.30. The molecule has 4 heteroatoms. The van der Waals surface area contributed by atoms with Crippen molar-refractivity contribution in [2.75, 3.05) is 0 Å². The second-order valence-corrected chi connectivity index (χ2v) is 4.21. The Hall–Kier alpha value is -1.45. The van der Waals surface area contributed by atoms with Crippen molar-refractivity contribution in [1.29, 1.82) is 0 Å². The van der Waals surface area contributed by atoms with Crippen LogP contribution in [0.2, 0.25) is 5.02 Å². The van der Waals surface area contributed by atoms with Crippen molar-refractivity contribution < 1.29 is 9.15 Å². The highest BCUT2D eigenvalue weighted by Gasteiger charge is 2.07. The number of hydrogen-bond donors (Lipinski definition) is 1. The summed E-state index contributed by atoms with van der Waals surface area (Å²) in [5.74, 6) is 1.57. The Labute approximate surface area is 105 Å². The van der Waals surface area contributed by atoms with Crippen LogP contribution in [0.1, 0.15) is 16.9 Å². The maximum Gasteiger partial charge on any atom is 0.146 e. The van der Waals surface area contributed by atoms with Gasteiger partial charge in [-0.15, -0.1) is 0 Å². The van der Waals surface area contributed by atoms with Gasteiger partial charge in [0.25, 0.3) is 0 Å². The van der Waals surface area contributed by atoms with Crippen LogP contribution in [0.3, 0.4) is 0 Å². The number of ether oxygens (including phenoxy) is 1. The lowest BCUT2D eigenvalue weighted by Gasteiger charge is -2.08. The third kappa shape index (κ3) is 2.81. The van der Waals surface area contributed by atoms with Gasteiger partial charge < -0.3 is 14.9 Å². The smallest absolute Gasteiger partial charge is 0.146 e. The second kappa shape index (κ2) is 5.25. The molecule has 2 rings (SSSR count). The van der Waals surface area contributed by atoms with Gasteiger partial charge in [-0.3, -0.25) is 0 Å². The molecule has 0 aliphatic heterocycles. The van der Waals surface area contributed by atoms with Crippen molar-refractivity contribution >= 4 is 11.6 Å². The van der Waals surface area contributed by atoms with E-state index in [4.69, 9.17) is 26.5 Å². The minimum Gasteiger partial charge on any atom is -0.485 e. The fourth-order valence-electron chi connectivity index (χ4n) is 1.59. The quantitative estimate of drug-likeness (QED) is 0.907. The molecular formula is C13H14ClNO2. The van der Waals surface area contributed by atoms with Gasteiger partial charge in [0, 0.05) is 17.1 Å². The number of aryl methyl sites for hydroxylation is 1. The molecule has 0 fully saturated rings. The third-order valence-corrected chi connectivity index (χ3v) is 2.79. The average molecular weight is 252 g/mol. The van der Waals surface area contributed by atoms with Crippen LogP contribution in [0, 0.1) is 6.92 Å². The van der Waals surface area contributed by atoms with Gasteiger partial charge in [0.05, 0.1) is 6.26 Å². The Kier molecular flexibility index (Phi) is 3.71. The van der Waals surface area contributed by atoms with Crippen molar-refractivity contribution in [3.8, 4) is 5.75 Å². The van der Waals surface area contributed by atoms with Crippen LogP contribution in [0.5, 0.6) is 5.75 Å². The van der Waals surface area contributed by atoms with Crippen LogP contribution < -0.4 is 10.5 Å². The number of nitrogens with two attached hydrogens (primary N) is 1. The van der Waals surface area contributed by atoms with Gasteiger partial charge in [-0.1, -0.05) is 11.6 Å². The number of hydrogen-bond acceptors (Lipinski definition) is 3. The maximum absolute atomic E-state index is 5.87. The van der Waals surface area contributed by atoms with Crippen molar-refractivity contribution in [3.63, 3.8) is 0 Å². The zero-order valence-electron chi connectivity index (χ0n) is 9.57. The molecular weight excluding hydrogens is 238 g/mol. The molecule has 17 heavy (non-hydrogen) atoms. The molecule has 0 atom stereocenters. The third-order valence-electron chi connectivity index (χ3n) is 2.55. The van der Waals surface area contributed by atoms with Gasteiger partial charge in [0.2, 0.25) is 0 Å². The van der Waals surface area contributed by atoms with E-state index < -0.39 is 0 Å². The summed E-state index contributed by atoms with van der Waals surface area (Å²) >= 11 is 5.87. The van der Waals surface area contributed by atoms with Crippen LogP contribution in [-0.2, 0) is 13.2 Å². The van der Waals surface area contributed by atoms with Crippen molar-refractivity contribution in [1.82, 2.24) is 0 Å². The summed E-state index contributed by atoms with van der Waals surface area (Å²) in [6.07, 6.45) is 1.62. The summed E-state index contributed by atoms with van der Waals surface area (Å²) in [5.41, 5.74) is 7.55. The summed E-state index contributed by atoms with van der Waals surface area (Å²) < 4.78 is 11.0. The molecule has 2 aromatic rings. The molecule has 1 aromatic heterocycles. The average Bonchev–Trinajstić information content (AvgIpc) is 2.75. The molecule has 1 aromatic carbocycles. The summed E-state index contributed by atoms with van der Waals surface area (Å²) in [6.45, 7) is 2.78. The van der Waals surface area contributed by atoms with E-state index in [0.29, 0.717) is 18.2 Å². The number of benzene rings is 1. The minimum atomic E-state index is 0.377. The summed E-state index contributed by atoms with van der Waals surface area (Å²) in [5, 5.41) is 0.704. The number of furan rings is 1. The Morgan fingerprint density at radius 2 is 2.18 bits per heavy atom. The van der Waals surface area contributed by atoms with Gasteiger partial charge in [-0.05, 0) is 36.8 Å². The normalized spacial score (nSPS) is 10.5. The van der Waals surface area contributed by atoms with E-state index in [2.05, 4.69) is 0 Å². The van der Waals surface area contributed by atoms with Crippen LogP contribution in [-0.4, -0.2) is 0 Å². The zero-order valence-corrected chi connectivity index (χ0v) is 10.3. The summed E-state index contributed by atoms with van der Waals surface area (Å²) in [6, 6.07) is 7.37. The fraction of sp³-hybridized carbons (Fsp3) is 0.231. The highest BCUT2D eigenvalue weighted by Crippen LogP contribution is 2.23. The molecule has 0 spiro atoms. The lowest BCUT2D eigenvalue weighted by atomic mass is 10.2. The van der Waals surface area contributed by atoms with Crippen molar-refractivity contribution in [2.24, 2.45) is 5.73 Å². The van der Waals surface area contributed by atoms with E-state index in [-0.39, 0.29) is 0 Å². The lowest BCUT2D eigenvalue weighted by molar-refractivity contribution is 0.267. The van der Waals surface area contributed by atoms with Gasteiger partial charge in [0.1, 0.15) is 18.1 Å². The Balaban J connectivity index is 2.07. The van der Waals surface area contributed by atoms with Crippen LogP contribution in [0.4, 0.5) is 0 Å². The lowest BCUT2D eigenvalue weighted by Crippen LogP contribution is -2.02. The summed E-state index contributed by atoms with van der Waals surface area (Å²) in [7, 11) is 0. The molecule has 1 heterocycles. The van der Waals surface area contributed by atoms with E-state index in [1.807, 2.05) is 25.1 Å². The molecule has 0 amide bonds. The van der Waals surface area contributed by atoms with Crippen LogP contribution in [0.15, 0.2) is 34.9 Å². The molecule has 90 valence electrons. The first-order chi connectivity index (χ1) is 8.20. The molecule has 0 unspecified atom stereocenters. The van der Waals surface area contributed by atoms with Gasteiger partial charge in [-0.25, -0.2) is 0 Å². The van der Waals surface area contributed by atoms with Gasteiger partial charge in [0.15, 0.2) is 0 Å². The first-order valence-corrected chi connectivity index (χ1v) is 5.72. The van der Waals surface area contributed by atoms with Gasteiger partial charge >= 0.3 is 0 Å². The second-order valence-electron chi connectivity index (χ2n) is 3.77. The maximum atomic E-state index is 5.87. The largest absolute Gasteiger partial charge is 0.485 e. The predicted molar refractivity (Wildman–Crippen MR) is 67.1 cm³/mol. The fourth-order valence-corrected chi connectivity index (χ4v) is 1.82. The molecule has 0 aliphatic carbocycles. The SMILES string of the molecule is Cc1cc(Cl)ccc1OCc1occc1CN. The van der Waals surface area contributed by atoms with Gasteiger partial charge in [-0.2, -0.15) is 0 Å². The molecule has 0 aliphatic rings. The van der Waals surface area contributed by atoms with E-state index in [1.54, 1.807) is 12.3 Å². The Morgan fingerprint density at radius 1 is 1.35 bits per heavy atom. The molecule has 2 N–H and O–H groups in total. The van der Waals surface area contributed by atoms with Crippen molar-refractivity contribution in [2.45, 2.75) is 20.1 Å². The molecule has 0 saturated carbocycles. The first kappa shape index (κ1) is 12.0. The first-order valence-electron chi connectivity index (χ1n) is 5.35. The van der Waals surface area contributed by atoms with E-state index in [0.717, 1.165) is 22.6 Å². The molecule has 0 saturated heterocycles. The molecule has 0 bridgehead atoms. The summed E-state index contributed by atoms with van der Waals surface area (Å²) in [4.78, 5) is 0. The monoisotopic (exact) mass is 251 g/mol. The Bertz CT molecular complexity index is 508. The predicted octanol–water partition coefficient (Wildman–Crippen LogP) is 3.28. The van der Waals surface area contributed by atoms with Crippen LogP contribution >= 0.6 is 11.6 Å². The topological polar surface area (TPSA) is 48.4 Å². The van der Waals surface area contributed by atoms with Crippen LogP contribution in [0.25, 0.3) is 0 Å². The Morgan fingerprint density at radius 3 is 2.88 bits per heavy atom. The van der Waals surface area contributed by atoms with Crippen molar-refractivity contribution in [3.05, 3.63) is 52.4 Å². The highest BCUT2D eigenvalue weighted by atomic mass is 35.5. The minimum absolute atomic E-state index is 0.377. The standard InChI is InChI=1S/C13H14ClNO2/c1-9-6-11(14)2-3-12(9)17-8-13-10(7-15)4-5-16-13/h2-6H,7-8,15H2,1H3. The van der Waals surface area contributed by atoms with E-state index in [1.165, 1.54) is 0 Å². The van der Waals surface area contributed by atoms with E-state index in [9.17, 15) is 0 Å². The molecule has 3 nitrogen and oxygen atoms in total.